The van der Waals surface area contributed by atoms with E-state index in [4.69, 9.17) is 4.74 Å². The van der Waals surface area contributed by atoms with E-state index in [2.05, 4.69) is 22.1 Å². The number of hydrogen-bond acceptors (Lipinski definition) is 6. The van der Waals surface area contributed by atoms with Crippen LogP contribution in [0.1, 0.15) is 39.3 Å². The topological polar surface area (TPSA) is 94.2 Å². The minimum absolute atomic E-state index is 0.0166. The number of nitrogens with one attached hydrogen (secondary N) is 2. The maximum Gasteiger partial charge on any atom is 0.338 e. The number of thiophene rings is 1. The zero-order valence-electron chi connectivity index (χ0n) is 20.4. The summed E-state index contributed by atoms with van der Waals surface area (Å²) in [5.41, 5.74) is 1.90. The van der Waals surface area contributed by atoms with Gasteiger partial charge in [-0.05, 0) is 50.1 Å². The summed E-state index contributed by atoms with van der Waals surface area (Å²) >= 11 is 1.51. The molecule has 1 fully saturated rings. The summed E-state index contributed by atoms with van der Waals surface area (Å²) in [7, 11) is 0. The first-order chi connectivity index (χ1) is 16.3. The Morgan fingerprint density at radius 2 is 2.15 bits per heavy atom. The van der Waals surface area contributed by atoms with Crippen molar-refractivity contribution in [2.75, 3.05) is 39.3 Å². The van der Waals surface area contributed by atoms with Gasteiger partial charge in [-0.25, -0.2) is 14.4 Å². The van der Waals surface area contributed by atoms with Crippen molar-refractivity contribution >= 4 is 29.4 Å². The van der Waals surface area contributed by atoms with Crippen molar-refractivity contribution in [2.24, 2.45) is 0 Å². The van der Waals surface area contributed by atoms with Gasteiger partial charge in [-0.1, -0.05) is 6.08 Å². The number of amides is 4. The molecule has 1 aromatic heterocycles. The van der Waals surface area contributed by atoms with Gasteiger partial charge in [0.2, 0.25) is 0 Å². The zero-order valence-corrected chi connectivity index (χ0v) is 21.2. The van der Waals surface area contributed by atoms with Crippen LogP contribution in [0.3, 0.4) is 0 Å². The molecule has 0 radical (unpaired) electrons. The van der Waals surface area contributed by atoms with Gasteiger partial charge >= 0.3 is 18.0 Å². The molecule has 2 atom stereocenters. The van der Waals surface area contributed by atoms with Crippen molar-refractivity contribution in [1.82, 2.24) is 25.3 Å². The van der Waals surface area contributed by atoms with Crippen LogP contribution in [0.2, 0.25) is 0 Å². The molecule has 3 rings (SSSR count). The molecule has 9 nitrogen and oxygen atoms in total. The summed E-state index contributed by atoms with van der Waals surface area (Å²) in [4.78, 5) is 44.4. The van der Waals surface area contributed by atoms with Gasteiger partial charge in [0.05, 0.1) is 18.2 Å². The predicted molar refractivity (Wildman–Crippen MR) is 132 cm³/mol. The summed E-state index contributed by atoms with van der Waals surface area (Å²) in [5, 5.41) is 9.77. The Labute approximate surface area is 205 Å². The molecule has 0 bridgehead atoms. The first-order valence-electron chi connectivity index (χ1n) is 11.7. The van der Waals surface area contributed by atoms with Gasteiger partial charge in [0, 0.05) is 50.5 Å². The Hall–Kier alpha value is -2.85. The fraction of sp³-hybridized carbons (Fsp3) is 0.542. The molecular weight excluding hydrogens is 454 g/mol. The second kappa shape index (κ2) is 11.5. The molecule has 1 aromatic rings. The van der Waals surface area contributed by atoms with Gasteiger partial charge in [-0.3, -0.25) is 9.80 Å². The molecule has 2 aliphatic rings. The first kappa shape index (κ1) is 25.8. The van der Waals surface area contributed by atoms with Gasteiger partial charge in [-0.15, -0.1) is 6.58 Å². The molecule has 186 valence electrons. The van der Waals surface area contributed by atoms with E-state index in [9.17, 15) is 14.4 Å². The number of esters is 1. The monoisotopic (exact) mass is 489 g/mol. The third-order valence-corrected chi connectivity index (χ3v) is 6.58. The minimum Gasteiger partial charge on any atom is -0.463 e. The van der Waals surface area contributed by atoms with Crippen LogP contribution in [0.5, 0.6) is 0 Å². The van der Waals surface area contributed by atoms with Crippen LogP contribution in [0, 0.1) is 0 Å². The maximum atomic E-state index is 13.2. The number of rotatable bonds is 8. The molecule has 0 spiro atoms. The quantitative estimate of drug-likeness (QED) is 0.433. The number of carbonyl (C=O) groups is 3. The van der Waals surface area contributed by atoms with Gasteiger partial charge in [0.1, 0.15) is 0 Å². The largest absolute Gasteiger partial charge is 0.463 e. The minimum atomic E-state index is -0.579. The average molecular weight is 490 g/mol. The number of urea groups is 2. The lowest BCUT2D eigenvalue weighted by Gasteiger charge is -2.42. The Morgan fingerprint density at radius 3 is 2.74 bits per heavy atom. The van der Waals surface area contributed by atoms with E-state index in [0.29, 0.717) is 37.4 Å². The van der Waals surface area contributed by atoms with Crippen molar-refractivity contribution < 1.29 is 19.1 Å². The second-order valence-electron chi connectivity index (χ2n) is 8.80. The molecule has 10 heteroatoms. The number of nitrogens with zero attached hydrogens (tertiary/aromatic N) is 3. The highest BCUT2D eigenvalue weighted by Gasteiger charge is 2.39. The summed E-state index contributed by atoms with van der Waals surface area (Å²) < 4.78 is 5.42. The van der Waals surface area contributed by atoms with Crippen LogP contribution in [0.4, 0.5) is 9.59 Å². The summed E-state index contributed by atoms with van der Waals surface area (Å²) in [6.07, 6.45) is 1.64. The highest BCUT2D eigenvalue weighted by atomic mass is 32.1. The fourth-order valence-corrected chi connectivity index (χ4v) is 5.04. The van der Waals surface area contributed by atoms with Crippen molar-refractivity contribution in [1.29, 1.82) is 0 Å². The van der Waals surface area contributed by atoms with E-state index < -0.39 is 12.0 Å². The first-order valence-corrected chi connectivity index (χ1v) is 12.6. The molecule has 34 heavy (non-hydrogen) atoms. The number of hydrogen-bond donors (Lipinski definition) is 2. The van der Waals surface area contributed by atoms with Crippen LogP contribution in [-0.2, 0) is 9.53 Å². The molecule has 3 heterocycles. The fourth-order valence-electron chi connectivity index (χ4n) is 4.35. The van der Waals surface area contributed by atoms with Gasteiger partial charge < -0.3 is 20.3 Å². The van der Waals surface area contributed by atoms with E-state index >= 15 is 0 Å². The number of piperazine rings is 1. The molecule has 2 aliphatic heterocycles. The zero-order chi connectivity index (χ0) is 24.8. The Bertz CT molecular complexity index is 930. The SMILES string of the molecule is C=CCN1C(=O)N[C@H](c2ccsc2)C(C(=O)OCC)=C1CN1CCN(C(=O)NC(C)C)[C@@H](C)C1. The molecule has 4 amide bonds. The number of carbonyl (C=O) groups excluding carboxylic acids is 3. The lowest BCUT2D eigenvalue weighted by Crippen LogP contribution is -2.58. The van der Waals surface area contributed by atoms with Crippen LogP contribution in [0.15, 0.2) is 40.8 Å². The molecule has 0 saturated carbocycles. The van der Waals surface area contributed by atoms with Crippen molar-refractivity contribution in [2.45, 2.75) is 45.8 Å². The summed E-state index contributed by atoms with van der Waals surface area (Å²) in [6.45, 7) is 14.1. The normalized spacial score (nSPS) is 21.5. The van der Waals surface area contributed by atoms with E-state index in [1.807, 2.05) is 42.5 Å². The Morgan fingerprint density at radius 1 is 1.38 bits per heavy atom. The standard InChI is InChI=1S/C24H35N5O4S/c1-6-9-29-19(14-27-10-11-28(17(5)13-27)23(31)25-16(3)4)20(22(30)33-7-2)21(26-24(29)32)18-8-12-34-15-18/h6,8,12,15-17,21H,1,7,9-11,13-14H2,2-5H3,(H,25,31)(H,26,32)/t17-,21+/m0/s1. The highest BCUT2D eigenvalue weighted by molar-refractivity contribution is 7.08. The van der Waals surface area contributed by atoms with E-state index in [1.54, 1.807) is 17.9 Å². The van der Waals surface area contributed by atoms with E-state index in [0.717, 1.165) is 5.56 Å². The molecular formula is C24H35N5O4S. The molecule has 1 saturated heterocycles. The maximum absolute atomic E-state index is 13.2. The third-order valence-electron chi connectivity index (χ3n) is 5.88. The lowest BCUT2D eigenvalue weighted by atomic mass is 9.95. The summed E-state index contributed by atoms with van der Waals surface area (Å²) in [6, 6.07) is 1.03. The predicted octanol–water partition coefficient (Wildman–Crippen LogP) is 2.94. The van der Waals surface area contributed by atoms with Crippen molar-refractivity contribution in [3.05, 3.63) is 46.3 Å². The van der Waals surface area contributed by atoms with E-state index in [-0.39, 0.29) is 37.3 Å². The molecule has 0 unspecified atom stereocenters. The molecule has 0 aromatic carbocycles. The van der Waals surface area contributed by atoms with E-state index in [1.165, 1.54) is 11.3 Å². The van der Waals surface area contributed by atoms with Crippen LogP contribution < -0.4 is 10.6 Å². The van der Waals surface area contributed by atoms with Crippen LogP contribution in [-0.4, -0.2) is 84.1 Å². The van der Waals surface area contributed by atoms with Gasteiger partial charge in [0.15, 0.2) is 0 Å². The second-order valence-corrected chi connectivity index (χ2v) is 9.58. The van der Waals surface area contributed by atoms with Crippen LogP contribution >= 0.6 is 11.3 Å². The van der Waals surface area contributed by atoms with Gasteiger partial charge in [-0.2, -0.15) is 11.3 Å². The Kier molecular flexibility index (Phi) is 8.73. The average Bonchev–Trinajstić information content (AvgIpc) is 3.30. The third kappa shape index (κ3) is 5.79. The summed E-state index contributed by atoms with van der Waals surface area (Å²) in [5.74, 6) is -0.439. The lowest BCUT2D eigenvalue weighted by molar-refractivity contribution is -0.139. The molecule has 0 aliphatic carbocycles. The van der Waals surface area contributed by atoms with Crippen molar-refractivity contribution in [3.8, 4) is 0 Å². The highest BCUT2D eigenvalue weighted by Crippen LogP contribution is 2.33. The smallest absolute Gasteiger partial charge is 0.338 e. The number of ether oxygens (including phenoxy) is 1. The Balaban J connectivity index is 1.92. The molecule has 2 N–H and O–H groups in total. The van der Waals surface area contributed by atoms with Crippen LogP contribution in [0.25, 0.3) is 0 Å². The van der Waals surface area contributed by atoms with Crippen molar-refractivity contribution in [3.63, 3.8) is 0 Å². The van der Waals surface area contributed by atoms with Gasteiger partial charge in [0.25, 0.3) is 0 Å².